The summed E-state index contributed by atoms with van der Waals surface area (Å²) in [6.45, 7) is 0.641. The van der Waals surface area contributed by atoms with Crippen molar-refractivity contribution >= 4 is 17.5 Å². The summed E-state index contributed by atoms with van der Waals surface area (Å²) >= 11 is 0. The summed E-state index contributed by atoms with van der Waals surface area (Å²) in [6.07, 6.45) is 1.78. The summed E-state index contributed by atoms with van der Waals surface area (Å²) in [5.41, 5.74) is 2.80. The number of amides is 2. The lowest BCUT2D eigenvalue weighted by molar-refractivity contribution is -0.121. The van der Waals surface area contributed by atoms with Crippen molar-refractivity contribution < 1.29 is 19.1 Å². The number of methoxy groups -OCH3 is 1. The molecule has 2 aromatic rings. The van der Waals surface area contributed by atoms with Crippen LogP contribution >= 0.6 is 0 Å². The van der Waals surface area contributed by atoms with Gasteiger partial charge in [-0.05, 0) is 48.2 Å². The number of carbonyl (C=O) groups excluding carboxylic acids is 2. The maximum atomic E-state index is 12.0. The van der Waals surface area contributed by atoms with Gasteiger partial charge in [-0.1, -0.05) is 18.2 Å². The minimum atomic E-state index is -0.161. The molecule has 0 fully saturated rings. The molecule has 0 atom stereocenters. The van der Waals surface area contributed by atoms with Gasteiger partial charge in [0.2, 0.25) is 5.91 Å². The third kappa shape index (κ3) is 4.75. The average molecular weight is 354 g/mol. The first kappa shape index (κ1) is 17.8. The quantitative estimate of drug-likeness (QED) is 0.800. The Kier molecular flexibility index (Phi) is 5.73. The van der Waals surface area contributed by atoms with Gasteiger partial charge in [0.25, 0.3) is 5.91 Å². The van der Waals surface area contributed by atoms with Crippen LogP contribution < -0.4 is 20.1 Å². The Labute approximate surface area is 152 Å². The van der Waals surface area contributed by atoms with E-state index in [1.165, 1.54) is 0 Å². The number of benzene rings is 2. The minimum absolute atomic E-state index is 0.0107. The molecule has 0 bridgehead atoms. The van der Waals surface area contributed by atoms with Crippen LogP contribution in [0.5, 0.6) is 11.5 Å². The SMILES string of the molecule is COc1ccc(CCNC(=O)CCc2ccc3c(c2)NC(=O)CO3)cc1. The van der Waals surface area contributed by atoms with Gasteiger partial charge in [0.05, 0.1) is 12.8 Å². The Balaban J connectivity index is 1.42. The highest BCUT2D eigenvalue weighted by atomic mass is 16.5. The molecule has 26 heavy (non-hydrogen) atoms. The monoisotopic (exact) mass is 354 g/mol. The largest absolute Gasteiger partial charge is 0.497 e. The van der Waals surface area contributed by atoms with Gasteiger partial charge >= 0.3 is 0 Å². The second-order valence-corrected chi connectivity index (χ2v) is 6.12. The summed E-state index contributed by atoms with van der Waals surface area (Å²) in [5.74, 6) is 1.34. The number of anilines is 1. The zero-order chi connectivity index (χ0) is 18.4. The molecule has 1 aliphatic heterocycles. The third-order valence-electron chi connectivity index (χ3n) is 4.21. The van der Waals surface area contributed by atoms with E-state index in [1.54, 1.807) is 7.11 Å². The van der Waals surface area contributed by atoms with Crippen LogP contribution in [0.1, 0.15) is 17.5 Å². The van der Waals surface area contributed by atoms with Gasteiger partial charge < -0.3 is 20.1 Å². The lowest BCUT2D eigenvalue weighted by atomic mass is 10.1. The zero-order valence-electron chi connectivity index (χ0n) is 14.7. The van der Waals surface area contributed by atoms with E-state index in [-0.39, 0.29) is 18.4 Å². The number of ether oxygens (including phenoxy) is 2. The molecule has 1 aliphatic rings. The van der Waals surface area contributed by atoms with Crippen LogP contribution in [0.3, 0.4) is 0 Å². The molecular formula is C20H22N2O4. The van der Waals surface area contributed by atoms with Gasteiger partial charge in [0, 0.05) is 13.0 Å². The van der Waals surface area contributed by atoms with E-state index in [0.717, 1.165) is 23.3 Å². The van der Waals surface area contributed by atoms with Crippen LogP contribution in [0.15, 0.2) is 42.5 Å². The number of hydrogen-bond acceptors (Lipinski definition) is 4. The normalized spacial score (nSPS) is 12.6. The van der Waals surface area contributed by atoms with E-state index in [2.05, 4.69) is 10.6 Å². The molecule has 2 amide bonds. The molecule has 0 aromatic heterocycles. The van der Waals surface area contributed by atoms with Crippen LogP contribution in [0.25, 0.3) is 0 Å². The van der Waals surface area contributed by atoms with Crippen molar-refractivity contribution in [1.29, 1.82) is 0 Å². The van der Waals surface area contributed by atoms with Gasteiger partial charge in [0.1, 0.15) is 11.5 Å². The van der Waals surface area contributed by atoms with E-state index in [9.17, 15) is 9.59 Å². The Morgan fingerprint density at radius 2 is 1.92 bits per heavy atom. The Morgan fingerprint density at radius 3 is 2.69 bits per heavy atom. The van der Waals surface area contributed by atoms with Crippen molar-refractivity contribution in [3.05, 3.63) is 53.6 Å². The lowest BCUT2D eigenvalue weighted by Gasteiger charge is -2.18. The molecule has 136 valence electrons. The molecule has 0 unspecified atom stereocenters. The highest BCUT2D eigenvalue weighted by Crippen LogP contribution is 2.28. The van der Waals surface area contributed by atoms with Crippen molar-refractivity contribution in [2.45, 2.75) is 19.3 Å². The number of fused-ring (bicyclic) bond motifs is 1. The molecule has 0 saturated carbocycles. The van der Waals surface area contributed by atoms with Crippen molar-refractivity contribution in [2.24, 2.45) is 0 Å². The molecule has 1 heterocycles. The van der Waals surface area contributed by atoms with Crippen molar-refractivity contribution in [3.8, 4) is 11.5 Å². The maximum absolute atomic E-state index is 12.0. The Hall–Kier alpha value is -3.02. The van der Waals surface area contributed by atoms with E-state index >= 15 is 0 Å². The second-order valence-electron chi connectivity index (χ2n) is 6.12. The molecule has 0 saturated heterocycles. The fourth-order valence-electron chi connectivity index (χ4n) is 2.77. The highest BCUT2D eigenvalue weighted by molar-refractivity contribution is 5.95. The summed E-state index contributed by atoms with van der Waals surface area (Å²) in [4.78, 5) is 23.4. The predicted molar refractivity (Wildman–Crippen MR) is 98.6 cm³/mol. The van der Waals surface area contributed by atoms with Gasteiger partial charge in [0.15, 0.2) is 6.61 Å². The molecule has 6 heteroatoms. The smallest absolute Gasteiger partial charge is 0.262 e. The molecule has 2 N–H and O–H groups in total. The number of hydrogen-bond donors (Lipinski definition) is 2. The fourth-order valence-corrected chi connectivity index (χ4v) is 2.77. The van der Waals surface area contributed by atoms with Crippen LogP contribution in [-0.4, -0.2) is 32.1 Å². The van der Waals surface area contributed by atoms with Gasteiger partial charge in [-0.3, -0.25) is 9.59 Å². The Bertz CT molecular complexity index is 787. The first-order valence-corrected chi connectivity index (χ1v) is 8.59. The van der Waals surface area contributed by atoms with Crippen molar-refractivity contribution in [2.75, 3.05) is 25.6 Å². The summed E-state index contributed by atoms with van der Waals surface area (Å²) in [7, 11) is 1.64. The number of carbonyl (C=O) groups is 2. The maximum Gasteiger partial charge on any atom is 0.262 e. The van der Waals surface area contributed by atoms with Gasteiger partial charge in [-0.15, -0.1) is 0 Å². The van der Waals surface area contributed by atoms with Crippen LogP contribution in [0, 0.1) is 0 Å². The summed E-state index contributed by atoms with van der Waals surface area (Å²) < 4.78 is 10.5. The first-order valence-electron chi connectivity index (χ1n) is 8.59. The average Bonchev–Trinajstić information content (AvgIpc) is 2.66. The van der Waals surface area contributed by atoms with Crippen LogP contribution in [0.4, 0.5) is 5.69 Å². The van der Waals surface area contributed by atoms with Crippen LogP contribution in [-0.2, 0) is 22.4 Å². The molecule has 0 spiro atoms. The van der Waals surface area contributed by atoms with Crippen molar-refractivity contribution in [1.82, 2.24) is 5.32 Å². The third-order valence-corrected chi connectivity index (χ3v) is 4.21. The van der Waals surface area contributed by atoms with Crippen LogP contribution in [0.2, 0.25) is 0 Å². The zero-order valence-corrected chi connectivity index (χ0v) is 14.7. The van der Waals surface area contributed by atoms with E-state index in [1.807, 2.05) is 42.5 Å². The first-order chi connectivity index (χ1) is 12.6. The van der Waals surface area contributed by atoms with E-state index < -0.39 is 0 Å². The number of rotatable bonds is 7. The van der Waals surface area contributed by atoms with Gasteiger partial charge in [-0.2, -0.15) is 0 Å². The number of nitrogens with one attached hydrogen (secondary N) is 2. The standard InChI is InChI=1S/C20H22N2O4/c1-25-16-6-2-14(3-7-16)10-11-21-19(23)9-5-15-4-8-18-17(12-15)22-20(24)13-26-18/h2-4,6-8,12H,5,9-11,13H2,1H3,(H,21,23)(H,22,24). The van der Waals surface area contributed by atoms with E-state index in [0.29, 0.717) is 30.8 Å². The van der Waals surface area contributed by atoms with Crippen molar-refractivity contribution in [3.63, 3.8) is 0 Å². The minimum Gasteiger partial charge on any atom is -0.497 e. The van der Waals surface area contributed by atoms with E-state index in [4.69, 9.17) is 9.47 Å². The lowest BCUT2D eigenvalue weighted by Crippen LogP contribution is -2.26. The summed E-state index contributed by atoms with van der Waals surface area (Å²) in [6, 6.07) is 13.4. The highest BCUT2D eigenvalue weighted by Gasteiger charge is 2.16. The van der Waals surface area contributed by atoms with Gasteiger partial charge in [-0.25, -0.2) is 0 Å². The predicted octanol–water partition coefficient (Wildman–Crippen LogP) is 2.32. The fraction of sp³-hybridized carbons (Fsp3) is 0.300. The molecular weight excluding hydrogens is 332 g/mol. The second kappa shape index (κ2) is 8.38. The molecule has 0 radical (unpaired) electrons. The topological polar surface area (TPSA) is 76.7 Å². The molecule has 6 nitrogen and oxygen atoms in total. The Morgan fingerprint density at radius 1 is 1.15 bits per heavy atom. The summed E-state index contributed by atoms with van der Waals surface area (Å²) in [5, 5.41) is 5.71. The molecule has 2 aromatic carbocycles. The molecule has 0 aliphatic carbocycles. The molecule has 3 rings (SSSR count). The number of aryl methyl sites for hydroxylation is 1.